The Balaban J connectivity index is 2.03. The van der Waals surface area contributed by atoms with Crippen molar-refractivity contribution in [2.24, 2.45) is 0 Å². The number of rotatable bonds is 7. The molecule has 0 bridgehead atoms. The molecule has 1 aromatic carbocycles. The van der Waals surface area contributed by atoms with Crippen LogP contribution < -0.4 is 10.6 Å². The molecule has 0 spiro atoms. The van der Waals surface area contributed by atoms with Gasteiger partial charge in [-0.25, -0.2) is 9.48 Å². The van der Waals surface area contributed by atoms with Crippen LogP contribution in [0, 0.1) is 13.8 Å². The summed E-state index contributed by atoms with van der Waals surface area (Å²) in [5, 5.41) is 10.3. The highest BCUT2D eigenvalue weighted by atomic mass is 16.2. The van der Waals surface area contributed by atoms with Crippen LogP contribution in [0.25, 0.3) is 5.69 Å². The SMILES string of the molecule is CCN(CC)CCNC(=O)Nc1ccccc1-n1nc(C)cc1C. The van der Waals surface area contributed by atoms with E-state index in [9.17, 15) is 4.79 Å². The van der Waals surface area contributed by atoms with E-state index in [0.29, 0.717) is 6.54 Å². The third kappa shape index (κ3) is 4.58. The number of urea groups is 1. The number of aromatic nitrogens is 2. The molecule has 130 valence electrons. The largest absolute Gasteiger partial charge is 0.337 e. The number of carbonyl (C=O) groups is 1. The van der Waals surface area contributed by atoms with Gasteiger partial charge in [0.1, 0.15) is 0 Å². The number of likely N-dealkylation sites (N-methyl/N-ethyl adjacent to an activating group) is 1. The lowest BCUT2D eigenvalue weighted by Gasteiger charge is -2.18. The first-order chi connectivity index (χ1) is 11.5. The van der Waals surface area contributed by atoms with E-state index < -0.39 is 0 Å². The van der Waals surface area contributed by atoms with Crippen LogP contribution in [0.1, 0.15) is 25.2 Å². The molecule has 6 heteroatoms. The summed E-state index contributed by atoms with van der Waals surface area (Å²) in [7, 11) is 0. The number of nitrogens with zero attached hydrogens (tertiary/aromatic N) is 3. The first kappa shape index (κ1) is 18.0. The quantitative estimate of drug-likeness (QED) is 0.821. The van der Waals surface area contributed by atoms with Crippen LogP contribution in [-0.2, 0) is 0 Å². The second-order valence-electron chi connectivity index (χ2n) is 5.76. The summed E-state index contributed by atoms with van der Waals surface area (Å²) < 4.78 is 1.85. The maximum atomic E-state index is 12.2. The molecule has 0 radical (unpaired) electrons. The van der Waals surface area contributed by atoms with Gasteiger partial charge in [-0.15, -0.1) is 0 Å². The van der Waals surface area contributed by atoms with Crippen LogP contribution in [0.15, 0.2) is 30.3 Å². The Hall–Kier alpha value is -2.34. The van der Waals surface area contributed by atoms with Crippen molar-refractivity contribution in [2.75, 3.05) is 31.5 Å². The van der Waals surface area contributed by atoms with Gasteiger partial charge in [-0.1, -0.05) is 26.0 Å². The van der Waals surface area contributed by atoms with Crippen molar-refractivity contribution < 1.29 is 4.79 Å². The molecule has 2 N–H and O–H groups in total. The molecular weight excluding hydrogens is 302 g/mol. The van der Waals surface area contributed by atoms with Crippen molar-refractivity contribution in [2.45, 2.75) is 27.7 Å². The highest BCUT2D eigenvalue weighted by molar-refractivity contribution is 5.91. The van der Waals surface area contributed by atoms with E-state index in [1.165, 1.54) is 0 Å². The summed E-state index contributed by atoms with van der Waals surface area (Å²) in [5.74, 6) is 0. The van der Waals surface area contributed by atoms with Crippen LogP contribution >= 0.6 is 0 Å². The van der Waals surface area contributed by atoms with Crippen LogP contribution in [0.2, 0.25) is 0 Å². The van der Waals surface area contributed by atoms with Crippen LogP contribution in [0.5, 0.6) is 0 Å². The van der Waals surface area contributed by atoms with Gasteiger partial charge in [0.25, 0.3) is 0 Å². The van der Waals surface area contributed by atoms with Gasteiger partial charge in [-0.05, 0) is 45.1 Å². The van der Waals surface area contributed by atoms with Gasteiger partial charge in [-0.2, -0.15) is 5.10 Å². The first-order valence-corrected chi connectivity index (χ1v) is 8.45. The van der Waals surface area contributed by atoms with E-state index in [0.717, 1.165) is 42.4 Å². The van der Waals surface area contributed by atoms with Crippen molar-refractivity contribution in [1.29, 1.82) is 0 Å². The minimum Gasteiger partial charge on any atom is -0.337 e. The second-order valence-corrected chi connectivity index (χ2v) is 5.76. The first-order valence-electron chi connectivity index (χ1n) is 8.45. The van der Waals surface area contributed by atoms with Gasteiger partial charge < -0.3 is 15.5 Å². The average molecular weight is 329 g/mol. The monoisotopic (exact) mass is 329 g/mol. The fourth-order valence-corrected chi connectivity index (χ4v) is 2.67. The van der Waals surface area contributed by atoms with E-state index in [4.69, 9.17) is 0 Å². The summed E-state index contributed by atoms with van der Waals surface area (Å²) >= 11 is 0. The number of aryl methyl sites for hydroxylation is 2. The Kier molecular flexibility index (Phi) is 6.37. The Morgan fingerprint density at radius 1 is 1.21 bits per heavy atom. The Morgan fingerprint density at radius 2 is 1.92 bits per heavy atom. The Morgan fingerprint density at radius 3 is 2.54 bits per heavy atom. The topological polar surface area (TPSA) is 62.2 Å². The number of benzene rings is 1. The van der Waals surface area contributed by atoms with Gasteiger partial charge in [0.15, 0.2) is 0 Å². The molecule has 0 atom stereocenters. The smallest absolute Gasteiger partial charge is 0.319 e. The molecule has 2 aromatic rings. The number of hydrogen-bond acceptors (Lipinski definition) is 3. The molecule has 0 aliphatic carbocycles. The molecule has 0 saturated carbocycles. The van der Waals surface area contributed by atoms with Gasteiger partial charge in [0, 0.05) is 18.8 Å². The number of anilines is 1. The standard InChI is InChI=1S/C18H27N5O/c1-5-22(6-2)12-11-19-18(24)20-16-9-7-8-10-17(16)23-15(4)13-14(3)21-23/h7-10,13H,5-6,11-12H2,1-4H3,(H2,19,20,24). The highest BCUT2D eigenvalue weighted by Crippen LogP contribution is 2.21. The summed E-state index contributed by atoms with van der Waals surface area (Å²) in [6, 6.07) is 9.49. The van der Waals surface area contributed by atoms with E-state index in [2.05, 4.69) is 34.5 Å². The predicted octanol–water partition coefficient (Wildman–Crippen LogP) is 2.95. The third-order valence-electron chi connectivity index (χ3n) is 4.00. The summed E-state index contributed by atoms with van der Waals surface area (Å²) in [6.45, 7) is 11.6. The summed E-state index contributed by atoms with van der Waals surface area (Å²) in [6.07, 6.45) is 0. The predicted molar refractivity (Wildman–Crippen MR) is 97.8 cm³/mol. The maximum absolute atomic E-state index is 12.2. The summed E-state index contributed by atoms with van der Waals surface area (Å²) in [4.78, 5) is 14.4. The van der Waals surface area contributed by atoms with Crippen molar-refractivity contribution in [3.8, 4) is 5.69 Å². The zero-order valence-corrected chi connectivity index (χ0v) is 15.0. The van der Waals surface area contributed by atoms with Crippen LogP contribution in [0.3, 0.4) is 0 Å². The molecule has 1 aromatic heterocycles. The lowest BCUT2D eigenvalue weighted by atomic mass is 10.2. The normalized spacial score (nSPS) is 10.9. The minimum atomic E-state index is -0.198. The van der Waals surface area contributed by atoms with Gasteiger partial charge in [-0.3, -0.25) is 0 Å². The third-order valence-corrected chi connectivity index (χ3v) is 4.00. The molecule has 0 fully saturated rings. The molecule has 0 saturated heterocycles. The fraction of sp³-hybridized carbons (Fsp3) is 0.444. The van der Waals surface area contributed by atoms with E-state index in [1.807, 2.05) is 48.9 Å². The van der Waals surface area contributed by atoms with Gasteiger partial charge in [0.05, 0.1) is 17.1 Å². The molecular formula is C18H27N5O. The highest BCUT2D eigenvalue weighted by Gasteiger charge is 2.11. The molecule has 0 aliphatic rings. The molecule has 0 aliphatic heterocycles. The number of para-hydroxylation sites is 2. The van der Waals surface area contributed by atoms with E-state index in [-0.39, 0.29) is 6.03 Å². The zero-order valence-electron chi connectivity index (χ0n) is 15.0. The zero-order chi connectivity index (χ0) is 17.5. The molecule has 2 amide bonds. The maximum Gasteiger partial charge on any atom is 0.319 e. The van der Waals surface area contributed by atoms with E-state index >= 15 is 0 Å². The van der Waals surface area contributed by atoms with Crippen LogP contribution in [0.4, 0.5) is 10.5 Å². The Bertz CT molecular complexity index is 676. The van der Waals surface area contributed by atoms with Crippen LogP contribution in [-0.4, -0.2) is 46.9 Å². The molecule has 0 unspecified atom stereocenters. The van der Waals surface area contributed by atoms with Crippen molar-refractivity contribution in [3.05, 3.63) is 41.7 Å². The minimum absolute atomic E-state index is 0.198. The number of hydrogen-bond donors (Lipinski definition) is 2. The lowest BCUT2D eigenvalue weighted by molar-refractivity contribution is 0.248. The second kappa shape index (κ2) is 8.49. The molecule has 1 heterocycles. The summed E-state index contributed by atoms with van der Waals surface area (Å²) in [5.41, 5.74) is 3.58. The van der Waals surface area contributed by atoms with E-state index in [1.54, 1.807) is 0 Å². The number of nitrogens with one attached hydrogen (secondary N) is 2. The van der Waals surface area contributed by atoms with Crippen molar-refractivity contribution in [1.82, 2.24) is 20.0 Å². The van der Waals surface area contributed by atoms with Gasteiger partial charge in [0.2, 0.25) is 0 Å². The average Bonchev–Trinajstić information content (AvgIpc) is 2.90. The van der Waals surface area contributed by atoms with Crippen molar-refractivity contribution >= 4 is 11.7 Å². The van der Waals surface area contributed by atoms with Gasteiger partial charge >= 0.3 is 6.03 Å². The van der Waals surface area contributed by atoms with Crippen molar-refractivity contribution in [3.63, 3.8) is 0 Å². The number of carbonyl (C=O) groups excluding carboxylic acids is 1. The fourth-order valence-electron chi connectivity index (χ4n) is 2.67. The molecule has 2 rings (SSSR count). The molecule has 24 heavy (non-hydrogen) atoms. The number of amides is 2. The lowest BCUT2D eigenvalue weighted by Crippen LogP contribution is -2.37. The Labute approximate surface area is 143 Å². The molecule has 6 nitrogen and oxygen atoms in total.